The summed E-state index contributed by atoms with van der Waals surface area (Å²) < 4.78 is 62.6. The largest absolute Gasteiger partial charge is 0.454 e. The number of alkyl carbamates (subject to hydrolysis) is 2. The molecule has 0 spiro atoms. The first-order valence-electron chi connectivity index (χ1n) is 16.8. The lowest BCUT2D eigenvalue weighted by atomic mass is 9.89. The number of sulfonamides is 1. The van der Waals surface area contributed by atoms with Crippen LogP contribution >= 0.6 is 0 Å². The smallest absolute Gasteiger partial charge is 0.407 e. The van der Waals surface area contributed by atoms with Crippen molar-refractivity contribution >= 4 is 22.2 Å². The normalized spacial score (nSPS) is 20.9. The summed E-state index contributed by atoms with van der Waals surface area (Å²) in [6, 6.07) is 12.7. The minimum absolute atomic E-state index is 0.0261. The van der Waals surface area contributed by atoms with Crippen LogP contribution in [0, 0.1) is 11.3 Å². The van der Waals surface area contributed by atoms with Gasteiger partial charge in [0.2, 0.25) is 16.8 Å². The SMILES string of the molecule is C=CCCOC(=O)NCCC(C)(C)CN(C[C@@H](O)[C@H](Cc1ccccc1)NC(=O)O[C@H]1CO[C@H]2OCC[C@H]21)S(=O)(=O)c1ccc2c(c1)OCO2. The molecular formula is C35H47N3O11S. The Kier molecular flexibility index (Phi) is 12.6. The van der Waals surface area contributed by atoms with Gasteiger partial charge in [0.05, 0.1) is 42.8 Å². The Morgan fingerprint density at radius 2 is 1.90 bits per heavy atom. The summed E-state index contributed by atoms with van der Waals surface area (Å²) in [6.07, 6.45) is -0.136. The maximum absolute atomic E-state index is 14.3. The summed E-state index contributed by atoms with van der Waals surface area (Å²) in [5, 5.41) is 17.3. The van der Waals surface area contributed by atoms with Gasteiger partial charge < -0.3 is 44.2 Å². The number of aliphatic hydroxyl groups is 1. The fourth-order valence-corrected chi connectivity index (χ4v) is 7.80. The molecule has 3 N–H and O–H groups in total. The second-order valence-electron chi connectivity index (χ2n) is 13.3. The number of carbonyl (C=O) groups excluding carboxylic acids is 2. The van der Waals surface area contributed by atoms with Crippen LogP contribution in [-0.2, 0) is 35.4 Å². The third kappa shape index (κ3) is 9.88. The van der Waals surface area contributed by atoms with Crippen LogP contribution in [0.1, 0.15) is 38.7 Å². The lowest BCUT2D eigenvalue weighted by molar-refractivity contribution is -0.0907. The zero-order valence-electron chi connectivity index (χ0n) is 28.5. The quantitative estimate of drug-likeness (QED) is 0.161. The van der Waals surface area contributed by atoms with Crippen LogP contribution < -0.4 is 20.1 Å². The van der Waals surface area contributed by atoms with Crippen molar-refractivity contribution in [2.75, 3.05) is 46.2 Å². The van der Waals surface area contributed by atoms with Crippen LogP contribution in [0.2, 0.25) is 0 Å². The molecule has 3 aliphatic rings. The van der Waals surface area contributed by atoms with Gasteiger partial charge in [0, 0.05) is 25.7 Å². The number of ether oxygens (including phenoxy) is 6. The van der Waals surface area contributed by atoms with Gasteiger partial charge in [-0.1, -0.05) is 50.3 Å². The maximum Gasteiger partial charge on any atom is 0.407 e. The van der Waals surface area contributed by atoms with E-state index < -0.39 is 52.2 Å². The molecule has 274 valence electrons. The van der Waals surface area contributed by atoms with Crippen LogP contribution in [0.4, 0.5) is 9.59 Å². The van der Waals surface area contributed by atoms with Crippen molar-refractivity contribution in [3.63, 3.8) is 0 Å². The number of nitrogens with zero attached hydrogens (tertiary/aromatic N) is 1. The van der Waals surface area contributed by atoms with Gasteiger partial charge in [0.25, 0.3) is 0 Å². The molecule has 0 bridgehead atoms. The van der Waals surface area contributed by atoms with Crippen LogP contribution in [0.5, 0.6) is 11.5 Å². The number of rotatable bonds is 17. The topological polar surface area (TPSA) is 171 Å². The highest BCUT2D eigenvalue weighted by atomic mass is 32.2. The zero-order valence-corrected chi connectivity index (χ0v) is 29.3. The number of fused-ring (bicyclic) bond motifs is 2. The molecule has 50 heavy (non-hydrogen) atoms. The summed E-state index contributed by atoms with van der Waals surface area (Å²) >= 11 is 0. The van der Waals surface area contributed by atoms with Crippen molar-refractivity contribution in [1.29, 1.82) is 0 Å². The van der Waals surface area contributed by atoms with Gasteiger partial charge in [-0.05, 0) is 48.8 Å². The fraction of sp³-hybridized carbons (Fsp3) is 0.543. The highest BCUT2D eigenvalue weighted by molar-refractivity contribution is 7.89. The Morgan fingerprint density at radius 3 is 2.68 bits per heavy atom. The molecule has 14 nitrogen and oxygen atoms in total. The van der Waals surface area contributed by atoms with Gasteiger partial charge in [-0.3, -0.25) is 0 Å². The average Bonchev–Trinajstić information content (AvgIpc) is 3.83. The number of benzene rings is 2. The minimum Gasteiger partial charge on any atom is -0.454 e. The molecule has 0 aromatic heterocycles. The Hall–Kier alpha value is -3.89. The monoisotopic (exact) mass is 717 g/mol. The summed E-state index contributed by atoms with van der Waals surface area (Å²) in [7, 11) is -4.23. The third-order valence-electron chi connectivity index (χ3n) is 8.91. The highest BCUT2D eigenvalue weighted by Crippen LogP contribution is 2.36. The standard InChI is InChI=1S/C35H47N3O11S/c1-4-5-16-45-33(40)36-15-14-35(2,3)22-38(50(42,43)25-11-12-29-30(19-25)48-23-47-29)20-28(39)27(18-24-9-7-6-8-10-24)37-34(41)49-31-21-46-32-26(31)13-17-44-32/h4,6-12,19,26-28,31-32,39H,1,5,13-18,20-23H2,2-3H3,(H,36,40)(H,37,41)/t26-,27-,28+,31-,32+/m0/s1. The van der Waals surface area contributed by atoms with E-state index in [0.29, 0.717) is 37.4 Å². The molecule has 2 amide bonds. The molecule has 0 unspecified atom stereocenters. The molecule has 5 atom stereocenters. The number of hydrogen-bond donors (Lipinski definition) is 3. The predicted octanol–water partition coefficient (Wildman–Crippen LogP) is 3.58. The molecule has 0 saturated carbocycles. The van der Waals surface area contributed by atoms with Crippen molar-refractivity contribution in [2.45, 2.75) is 69.0 Å². The van der Waals surface area contributed by atoms with Crippen LogP contribution in [0.25, 0.3) is 0 Å². The summed E-state index contributed by atoms with van der Waals surface area (Å²) in [4.78, 5) is 25.3. The molecule has 15 heteroatoms. The van der Waals surface area contributed by atoms with Gasteiger partial charge in [0.1, 0.15) is 6.10 Å². The van der Waals surface area contributed by atoms with E-state index in [1.54, 1.807) is 6.08 Å². The molecule has 3 heterocycles. The van der Waals surface area contributed by atoms with Crippen molar-refractivity contribution < 1.29 is 51.5 Å². The van der Waals surface area contributed by atoms with Crippen LogP contribution in [0.3, 0.4) is 0 Å². The van der Waals surface area contributed by atoms with Crippen molar-refractivity contribution in [3.8, 4) is 11.5 Å². The lowest BCUT2D eigenvalue weighted by Crippen LogP contribution is -2.52. The van der Waals surface area contributed by atoms with E-state index in [4.69, 9.17) is 28.4 Å². The zero-order chi connectivity index (χ0) is 35.7. The summed E-state index contributed by atoms with van der Waals surface area (Å²) in [5.74, 6) is 0.643. The predicted molar refractivity (Wildman–Crippen MR) is 181 cm³/mol. The Bertz CT molecular complexity index is 1570. The number of carbonyl (C=O) groups is 2. The first-order valence-corrected chi connectivity index (χ1v) is 18.2. The minimum atomic E-state index is -4.23. The number of hydrogen-bond acceptors (Lipinski definition) is 11. The first kappa shape index (κ1) is 37.4. The summed E-state index contributed by atoms with van der Waals surface area (Å²) in [5.41, 5.74) is 0.142. The van der Waals surface area contributed by atoms with E-state index in [2.05, 4.69) is 17.2 Å². The van der Waals surface area contributed by atoms with Gasteiger partial charge in [-0.2, -0.15) is 4.31 Å². The molecule has 0 radical (unpaired) electrons. The molecule has 5 rings (SSSR count). The van der Waals surface area contributed by atoms with Gasteiger partial charge in [-0.25, -0.2) is 18.0 Å². The van der Waals surface area contributed by atoms with Gasteiger partial charge >= 0.3 is 12.2 Å². The molecular weight excluding hydrogens is 670 g/mol. The average molecular weight is 718 g/mol. The van der Waals surface area contributed by atoms with Crippen molar-refractivity contribution in [1.82, 2.24) is 14.9 Å². The maximum atomic E-state index is 14.3. The lowest BCUT2D eigenvalue weighted by Gasteiger charge is -2.35. The Balaban J connectivity index is 1.34. The van der Waals surface area contributed by atoms with E-state index in [1.165, 1.54) is 22.5 Å². The van der Waals surface area contributed by atoms with E-state index in [9.17, 15) is 23.1 Å². The molecule has 2 aromatic rings. The molecule has 0 aliphatic carbocycles. The summed E-state index contributed by atoms with van der Waals surface area (Å²) in [6.45, 7) is 8.07. The van der Waals surface area contributed by atoms with E-state index in [0.717, 1.165) is 5.56 Å². The Labute approximate surface area is 293 Å². The van der Waals surface area contributed by atoms with E-state index in [-0.39, 0.29) is 56.9 Å². The molecule has 2 fully saturated rings. The Morgan fingerprint density at radius 1 is 1.12 bits per heavy atom. The second kappa shape index (κ2) is 16.9. The first-order chi connectivity index (χ1) is 23.9. The number of nitrogens with one attached hydrogen (secondary N) is 2. The van der Waals surface area contributed by atoms with Crippen molar-refractivity contribution in [3.05, 3.63) is 66.7 Å². The van der Waals surface area contributed by atoms with Crippen LogP contribution in [0.15, 0.2) is 66.1 Å². The molecule has 2 saturated heterocycles. The molecule has 2 aromatic carbocycles. The highest BCUT2D eigenvalue weighted by Gasteiger charge is 2.44. The number of amides is 2. The fourth-order valence-electron chi connectivity index (χ4n) is 6.14. The van der Waals surface area contributed by atoms with Gasteiger partial charge in [0.15, 0.2) is 17.8 Å². The second-order valence-corrected chi connectivity index (χ2v) is 15.3. The number of aliphatic hydroxyl groups excluding tert-OH is 1. The third-order valence-corrected chi connectivity index (χ3v) is 10.7. The molecule has 3 aliphatic heterocycles. The van der Waals surface area contributed by atoms with Gasteiger partial charge in [-0.15, -0.1) is 6.58 Å². The van der Waals surface area contributed by atoms with Crippen LogP contribution in [-0.4, -0.2) is 101 Å². The van der Waals surface area contributed by atoms with Crippen molar-refractivity contribution in [2.24, 2.45) is 11.3 Å². The van der Waals surface area contributed by atoms with E-state index in [1.807, 2.05) is 44.2 Å². The van der Waals surface area contributed by atoms with E-state index >= 15 is 0 Å².